The summed E-state index contributed by atoms with van der Waals surface area (Å²) in [6, 6.07) is 1.77. The molecule has 0 fully saturated rings. The number of benzene rings is 1. The zero-order chi connectivity index (χ0) is 26.8. The molecule has 1 heterocycles. The lowest BCUT2D eigenvalue weighted by atomic mass is 10.0. The van der Waals surface area contributed by atoms with Crippen LogP contribution in [0.5, 0.6) is 5.75 Å². The molecule has 36 heavy (non-hydrogen) atoms. The second kappa shape index (κ2) is 13.2. The van der Waals surface area contributed by atoms with Crippen molar-refractivity contribution in [3.05, 3.63) is 48.0 Å². The minimum Gasteiger partial charge on any atom is -0.508 e. The number of rotatable bonds is 13. The third kappa shape index (κ3) is 9.02. The lowest BCUT2D eigenvalue weighted by Crippen LogP contribution is -2.57. The Labute approximate surface area is 209 Å². The normalized spacial score (nSPS) is 14.4. The lowest BCUT2D eigenvalue weighted by Gasteiger charge is -2.26. The van der Waals surface area contributed by atoms with Crippen molar-refractivity contribution in [2.24, 2.45) is 11.7 Å². The zero-order valence-corrected chi connectivity index (χ0v) is 20.5. The number of aromatic nitrogens is 2. The van der Waals surface area contributed by atoms with Crippen LogP contribution in [0.3, 0.4) is 0 Å². The lowest BCUT2D eigenvalue weighted by molar-refractivity contribution is -0.142. The monoisotopic (exact) mass is 502 g/mol. The number of aromatic hydroxyl groups is 1. The number of nitrogens with two attached hydrogens (primary N) is 1. The maximum Gasteiger partial charge on any atom is 0.326 e. The van der Waals surface area contributed by atoms with Gasteiger partial charge in [0.2, 0.25) is 17.7 Å². The van der Waals surface area contributed by atoms with Gasteiger partial charge in [0.05, 0.1) is 12.4 Å². The molecule has 0 saturated carbocycles. The number of H-pyrrole nitrogens is 1. The zero-order valence-electron chi connectivity index (χ0n) is 20.5. The Bertz CT molecular complexity index is 1020. The number of nitrogens with one attached hydrogen (secondary N) is 4. The topological polar surface area (TPSA) is 200 Å². The molecule has 12 heteroatoms. The Kier molecular flexibility index (Phi) is 10.4. The van der Waals surface area contributed by atoms with Crippen molar-refractivity contribution in [3.63, 3.8) is 0 Å². The molecule has 0 aliphatic heterocycles. The number of hydrogen-bond donors (Lipinski definition) is 7. The molecule has 0 spiro atoms. The molecule has 2 aromatic rings. The van der Waals surface area contributed by atoms with E-state index in [2.05, 4.69) is 25.9 Å². The first-order valence-corrected chi connectivity index (χ1v) is 11.6. The first-order valence-electron chi connectivity index (χ1n) is 11.6. The van der Waals surface area contributed by atoms with Crippen LogP contribution in [0.4, 0.5) is 0 Å². The van der Waals surface area contributed by atoms with E-state index in [0.29, 0.717) is 11.3 Å². The van der Waals surface area contributed by atoms with E-state index in [1.54, 1.807) is 12.1 Å². The summed E-state index contributed by atoms with van der Waals surface area (Å²) >= 11 is 0. The Morgan fingerprint density at radius 3 is 2.03 bits per heavy atom. The summed E-state index contributed by atoms with van der Waals surface area (Å²) in [6.07, 6.45) is 3.25. The van der Waals surface area contributed by atoms with Crippen molar-refractivity contribution >= 4 is 23.7 Å². The third-order valence-electron chi connectivity index (χ3n) is 5.36. The van der Waals surface area contributed by atoms with Gasteiger partial charge in [-0.1, -0.05) is 26.0 Å². The number of aliphatic carboxylic acids is 1. The molecular weight excluding hydrogens is 468 g/mol. The fourth-order valence-electron chi connectivity index (χ4n) is 3.44. The number of carbonyl (C=O) groups excluding carboxylic acids is 3. The highest BCUT2D eigenvalue weighted by Crippen LogP contribution is 2.12. The molecule has 0 aliphatic carbocycles. The smallest absolute Gasteiger partial charge is 0.326 e. The molecule has 0 radical (unpaired) electrons. The minimum absolute atomic E-state index is 0.00820. The van der Waals surface area contributed by atoms with Crippen molar-refractivity contribution in [3.8, 4) is 5.75 Å². The van der Waals surface area contributed by atoms with Crippen LogP contribution in [-0.2, 0) is 32.0 Å². The number of carbonyl (C=O) groups is 4. The van der Waals surface area contributed by atoms with Crippen LogP contribution in [0.2, 0.25) is 0 Å². The average molecular weight is 503 g/mol. The van der Waals surface area contributed by atoms with E-state index in [1.165, 1.54) is 31.6 Å². The molecule has 1 aromatic carbocycles. The highest BCUT2D eigenvalue weighted by Gasteiger charge is 2.30. The number of carboxylic acids is 1. The molecule has 3 amide bonds. The number of carboxylic acid groups (broad SMARTS) is 1. The van der Waals surface area contributed by atoms with E-state index in [-0.39, 0.29) is 30.9 Å². The molecular formula is C24H34N6O6. The van der Waals surface area contributed by atoms with Gasteiger partial charge in [-0.15, -0.1) is 0 Å². The van der Waals surface area contributed by atoms with E-state index in [1.807, 2.05) is 13.8 Å². The van der Waals surface area contributed by atoms with Crippen LogP contribution < -0.4 is 21.7 Å². The molecule has 1 aromatic heterocycles. The van der Waals surface area contributed by atoms with Gasteiger partial charge >= 0.3 is 5.97 Å². The highest BCUT2D eigenvalue weighted by molar-refractivity contribution is 5.94. The van der Waals surface area contributed by atoms with Gasteiger partial charge in [0.25, 0.3) is 0 Å². The SMILES string of the molecule is CC(C)CC(NC(=O)C(Cc1cnc[nH]1)NC(=O)C(C)N)C(=O)NC(Cc1ccc(O)cc1)C(=O)O. The van der Waals surface area contributed by atoms with E-state index in [9.17, 15) is 29.4 Å². The van der Waals surface area contributed by atoms with Gasteiger partial charge in [-0.2, -0.15) is 0 Å². The average Bonchev–Trinajstić information content (AvgIpc) is 3.31. The van der Waals surface area contributed by atoms with Crippen LogP contribution >= 0.6 is 0 Å². The summed E-state index contributed by atoms with van der Waals surface area (Å²) in [6.45, 7) is 5.20. The molecule has 8 N–H and O–H groups in total. The second-order valence-electron chi connectivity index (χ2n) is 9.09. The molecule has 4 unspecified atom stereocenters. The summed E-state index contributed by atoms with van der Waals surface area (Å²) in [5.74, 6) is -3.04. The van der Waals surface area contributed by atoms with E-state index in [0.717, 1.165) is 0 Å². The fraction of sp³-hybridized carbons (Fsp3) is 0.458. The molecule has 2 rings (SSSR count). The summed E-state index contributed by atoms with van der Waals surface area (Å²) in [4.78, 5) is 57.0. The first kappa shape index (κ1) is 28.3. The Morgan fingerprint density at radius 2 is 1.50 bits per heavy atom. The van der Waals surface area contributed by atoms with Crippen LogP contribution in [0, 0.1) is 5.92 Å². The maximum absolute atomic E-state index is 13.1. The molecule has 12 nitrogen and oxygen atoms in total. The van der Waals surface area contributed by atoms with Crippen LogP contribution in [0.25, 0.3) is 0 Å². The maximum atomic E-state index is 13.1. The van der Waals surface area contributed by atoms with Gasteiger partial charge in [-0.25, -0.2) is 9.78 Å². The van der Waals surface area contributed by atoms with Gasteiger partial charge in [0.1, 0.15) is 23.9 Å². The number of aromatic amines is 1. The van der Waals surface area contributed by atoms with Gasteiger partial charge < -0.3 is 36.9 Å². The number of phenols is 1. The number of phenolic OH excluding ortho intramolecular Hbond substituents is 1. The van der Waals surface area contributed by atoms with Crippen LogP contribution in [0.1, 0.15) is 38.4 Å². The van der Waals surface area contributed by atoms with Crippen molar-refractivity contribution in [1.82, 2.24) is 25.9 Å². The fourth-order valence-corrected chi connectivity index (χ4v) is 3.44. The Balaban J connectivity index is 2.17. The predicted octanol–water partition coefficient (Wildman–Crippen LogP) is -0.167. The van der Waals surface area contributed by atoms with E-state index < -0.39 is 47.9 Å². The summed E-state index contributed by atoms with van der Waals surface area (Å²) in [7, 11) is 0. The van der Waals surface area contributed by atoms with E-state index in [4.69, 9.17) is 5.73 Å². The second-order valence-corrected chi connectivity index (χ2v) is 9.09. The van der Waals surface area contributed by atoms with Crippen molar-refractivity contribution in [2.45, 2.75) is 64.2 Å². The van der Waals surface area contributed by atoms with Gasteiger partial charge in [0.15, 0.2) is 0 Å². The van der Waals surface area contributed by atoms with Gasteiger partial charge in [-0.05, 0) is 37.0 Å². The summed E-state index contributed by atoms with van der Waals surface area (Å²) < 4.78 is 0. The molecule has 0 saturated heterocycles. The first-order chi connectivity index (χ1) is 17.0. The van der Waals surface area contributed by atoms with Crippen molar-refractivity contribution in [1.29, 1.82) is 0 Å². The predicted molar refractivity (Wildman–Crippen MR) is 131 cm³/mol. The van der Waals surface area contributed by atoms with Gasteiger partial charge in [0, 0.05) is 24.7 Å². The van der Waals surface area contributed by atoms with E-state index >= 15 is 0 Å². The molecule has 0 bridgehead atoms. The molecule has 4 atom stereocenters. The summed E-state index contributed by atoms with van der Waals surface area (Å²) in [5.41, 5.74) is 6.82. The quantitative estimate of drug-likeness (QED) is 0.196. The summed E-state index contributed by atoms with van der Waals surface area (Å²) in [5, 5.41) is 26.8. The largest absolute Gasteiger partial charge is 0.508 e. The Hall–Kier alpha value is -3.93. The number of imidazole rings is 1. The van der Waals surface area contributed by atoms with Gasteiger partial charge in [-0.3, -0.25) is 14.4 Å². The highest BCUT2D eigenvalue weighted by atomic mass is 16.4. The van der Waals surface area contributed by atoms with Crippen molar-refractivity contribution in [2.75, 3.05) is 0 Å². The Morgan fingerprint density at radius 1 is 0.917 bits per heavy atom. The van der Waals surface area contributed by atoms with Crippen LogP contribution in [0.15, 0.2) is 36.8 Å². The molecule has 196 valence electrons. The van der Waals surface area contributed by atoms with Crippen molar-refractivity contribution < 1.29 is 29.4 Å². The number of amides is 3. The molecule has 0 aliphatic rings. The minimum atomic E-state index is -1.26. The standard InChI is InChI=1S/C24H34N6O6/c1-13(2)8-18(22(33)30-20(24(35)36)9-15-4-6-17(31)7-5-15)29-23(34)19(28-21(32)14(3)25)10-16-11-26-12-27-16/h4-7,11-14,18-20,31H,8-10,25H2,1-3H3,(H,26,27)(H,28,32)(H,29,34)(H,30,33)(H,35,36). The number of nitrogens with zero attached hydrogens (tertiary/aromatic N) is 1. The van der Waals surface area contributed by atoms with Crippen LogP contribution in [-0.4, -0.2) is 68.0 Å². The third-order valence-corrected chi connectivity index (χ3v) is 5.36. The number of hydrogen-bond acceptors (Lipinski definition) is 7.